The number of hydrogen-bond donors (Lipinski definition) is 2. The molecule has 0 aliphatic carbocycles. The van der Waals surface area contributed by atoms with Crippen molar-refractivity contribution in [2.75, 3.05) is 11.9 Å². The maximum atomic E-state index is 12.3. The van der Waals surface area contributed by atoms with Crippen molar-refractivity contribution in [1.82, 2.24) is 0 Å². The van der Waals surface area contributed by atoms with Gasteiger partial charge in [-0.15, -0.1) is 11.3 Å². The third kappa shape index (κ3) is 4.33. The Balaban J connectivity index is 1.70. The molecule has 0 aliphatic heterocycles. The highest BCUT2D eigenvalue weighted by molar-refractivity contribution is 7.10. The van der Waals surface area contributed by atoms with E-state index in [0.29, 0.717) is 0 Å². The summed E-state index contributed by atoms with van der Waals surface area (Å²) in [7, 11) is 0. The maximum absolute atomic E-state index is 12.3. The molecular weight excluding hydrogens is 350 g/mol. The smallest absolute Gasteiger partial charge is 0.292 e. The van der Waals surface area contributed by atoms with Gasteiger partial charge in [-0.1, -0.05) is 48.5 Å². The lowest BCUT2D eigenvalue weighted by Gasteiger charge is -2.14. The summed E-state index contributed by atoms with van der Waals surface area (Å²) in [5.74, 6) is -0.281. The topological polar surface area (TPSA) is 88.8 Å². The number of thiophene rings is 1. The van der Waals surface area contributed by atoms with Gasteiger partial charge >= 0.3 is 0 Å². The van der Waals surface area contributed by atoms with Crippen LogP contribution in [0.4, 0.5) is 11.4 Å². The van der Waals surface area contributed by atoms with E-state index in [1.165, 1.54) is 12.1 Å². The van der Waals surface area contributed by atoms with E-state index in [1.54, 1.807) is 23.5 Å². The number of anilines is 1. The number of benzene rings is 2. The van der Waals surface area contributed by atoms with Crippen molar-refractivity contribution in [3.8, 4) is 0 Å². The Hall–Kier alpha value is -3.03. The molecule has 0 aliphatic rings. The number of nitrogens with two attached hydrogens (primary N) is 1. The van der Waals surface area contributed by atoms with Crippen molar-refractivity contribution in [3.63, 3.8) is 0 Å². The average molecular weight is 368 g/mol. The zero-order chi connectivity index (χ0) is 18.4. The molecular formula is C19H18N3O3S+. The van der Waals surface area contributed by atoms with Crippen LogP contribution in [0.15, 0.2) is 72.1 Å². The number of para-hydroxylation sites is 2. The van der Waals surface area contributed by atoms with Gasteiger partial charge in [-0.05, 0) is 17.5 Å². The van der Waals surface area contributed by atoms with Gasteiger partial charge in [0.05, 0.1) is 9.80 Å². The minimum Gasteiger partial charge on any atom is -0.328 e. The van der Waals surface area contributed by atoms with Crippen LogP contribution in [-0.2, 0) is 4.79 Å². The lowest BCUT2D eigenvalue weighted by molar-refractivity contribution is -0.675. The number of nitro groups is 1. The number of nitrogens with zero attached hydrogens (tertiary/aromatic N) is 1. The number of nitrogens with one attached hydrogen (secondary N) is 1. The molecule has 1 atom stereocenters. The number of amides is 1. The van der Waals surface area contributed by atoms with Gasteiger partial charge in [-0.2, -0.15) is 0 Å². The molecule has 1 aromatic heterocycles. The van der Waals surface area contributed by atoms with Crippen LogP contribution in [0, 0.1) is 10.1 Å². The monoisotopic (exact) mass is 368 g/mol. The number of rotatable bonds is 7. The third-order valence-electron chi connectivity index (χ3n) is 3.92. The summed E-state index contributed by atoms with van der Waals surface area (Å²) in [6.45, 7) is 0.156. The zero-order valence-electron chi connectivity index (χ0n) is 13.9. The standard InChI is InChI=1S/C19H17N3O3S/c23-18(21-15-9-4-5-10-16(15)22(24)25)13-20-19(17-11-6-12-26-17)14-7-2-1-3-8-14/h1-12,19-20H,13H2,(H,21,23)/p+1/t19-/m1/s1. The molecule has 0 unspecified atom stereocenters. The van der Waals surface area contributed by atoms with E-state index in [4.69, 9.17) is 0 Å². The van der Waals surface area contributed by atoms with Crippen molar-refractivity contribution in [2.24, 2.45) is 0 Å². The van der Waals surface area contributed by atoms with Crippen LogP contribution >= 0.6 is 11.3 Å². The average Bonchev–Trinajstić information content (AvgIpc) is 3.17. The first-order valence-corrected chi connectivity index (χ1v) is 8.98. The fraction of sp³-hybridized carbons (Fsp3) is 0.105. The quantitative estimate of drug-likeness (QED) is 0.496. The summed E-state index contributed by atoms with van der Waals surface area (Å²) in [5, 5.41) is 17.6. The van der Waals surface area contributed by atoms with Crippen LogP contribution in [0.3, 0.4) is 0 Å². The molecule has 2 aromatic carbocycles. The molecule has 7 heteroatoms. The molecule has 1 amide bonds. The number of carbonyl (C=O) groups is 1. The number of hydrogen-bond acceptors (Lipinski definition) is 4. The lowest BCUT2D eigenvalue weighted by atomic mass is 10.1. The van der Waals surface area contributed by atoms with Crippen LogP contribution in [0.2, 0.25) is 0 Å². The minimum atomic E-state index is -0.502. The van der Waals surface area contributed by atoms with Crippen molar-refractivity contribution < 1.29 is 15.0 Å². The van der Waals surface area contributed by atoms with E-state index in [0.717, 1.165) is 10.4 Å². The van der Waals surface area contributed by atoms with E-state index in [1.807, 2.05) is 53.2 Å². The number of nitro benzene ring substituents is 1. The second-order valence-corrected chi connectivity index (χ2v) is 6.65. The first-order chi connectivity index (χ1) is 12.6. The molecule has 0 bridgehead atoms. The largest absolute Gasteiger partial charge is 0.328 e. The fourth-order valence-corrected chi connectivity index (χ4v) is 3.56. The highest BCUT2D eigenvalue weighted by Crippen LogP contribution is 2.24. The first-order valence-electron chi connectivity index (χ1n) is 8.10. The van der Waals surface area contributed by atoms with Crippen LogP contribution in [0.25, 0.3) is 0 Å². The van der Waals surface area contributed by atoms with Gasteiger partial charge < -0.3 is 10.6 Å². The van der Waals surface area contributed by atoms with Crippen LogP contribution in [0.1, 0.15) is 16.5 Å². The third-order valence-corrected chi connectivity index (χ3v) is 4.88. The van der Waals surface area contributed by atoms with E-state index in [9.17, 15) is 14.9 Å². The first kappa shape index (κ1) is 17.8. The summed E-state index contributed by atoms with van der Waals surface area (Å²) in [6.07, 6.45) is 0. The molecule has 0 spiro atoms. The van der Waals surface area contributed by atoms with Gasteiger partial charge in [0.2, 0.25) is 0 Å². The number of carbonyl (C=O) groups excluding carboxylic acids is 1. The molecule has 0 saturated carbocycles. The summed E-state index contributed by atoms with van der Waals surface area (Å²) < 4.78 is 0. The lowest BCUT2D eigenvalue weighted by Crippen LogP contribution is -2.87. The Morgan fingerprint density at radius 3 is 2.50 bits per heavy atom. The maximum Gasteiger partial charge on any atom is 0.292 e. The van der Waals surface area contributed by atoms with E-state index in [-0.39, 0.29) is 29.9 Å². The summed E-state index contributed by atoms with van der Waals surface area (Å²) >= 11 is 1.64. The highest BCUT2D eigenvalue weighted by atomic mass is 32.1. The summed E-state index contributed by atoms with van der Waals surface area (Å²) in [6, 6.07) is 20.1. The fourth-order valence-electron chi connectivity index (χ4n) is 2.71. The Kier molecular flexibility index (Phi) is 5.73. The molecule has 6 nitrogen and oxygen atoms in total. The predicted molar refractivity (Wildman–Crippen MR) is 101 cm³/mol. The molecule has 26 heavy (non-hydrogen) atoms. The van der Waals surface area contributed by atoms with Gasteiger partial charge in [0, 0.05) is 11.6 Å². The second kappa shape index (κ2) is 8.37. The summed E-state index contributed by atoms with van der Waals surface area (Å²) in [4.78, 5) is 24.0. The molecule has 3 N–H and O–H groups in total. The Bertz CT molecular complexity index is 882. The zero-order valence-corrected chi connectivity index (χ0v) is 14.7. The minimum absolute atomic E-state index is 0.00714. The van der Waals surface area contributed by atoms with Crippen molar-refractivity contribution in [1.29, 1.82) is 0 Å². The Labute approximate surface area is 154 Å². The van der Waals surface area contributed by atoms with Crippen LogP contribution in [-0.4, -0.2) is 17.4 Å². The molecule has 0 fully saturated rings. The Morgan fingerprint density at radius 1 is 1.08 bits per heavy atom. The van der Waals surface area contributed by atoms with Gasteiger partial charge in [-0.25, -0.2) is 0 Å². The molecule has 0 saturated heterocycles. The number of quaternary nitrogens is 1. The normalized spacial score (nSPS) is 11.7. The predicted octanol–water partition coefficient (Wildman–Crippen LogP) is 2.95. The SMILES string of the molecule is O=C(C[NH2+][C@H](c1ccccc1)c1cccs1)Nc1ccccc1[N+](=O)[O-]. The van der Waals surface area contributed by atoms with Gasteiger partial charge in [-0.3, -0.25) is 14.9 Å². The molecule has 3 aromatic rings. The van der Waals surface area contributed by atoms with Crippen molar-refractivity contribution in [2.45, 2.75) is 6.04 Å². The van der Waals surface area contributed by atoms with E-state index >= 15 is 0 Å². The Morgan fingerprint density at radius 2 is 1.81 bits per heavy atom. The van der Waals surface area contributed by atoms with Gasteiger partial charge in [0.1, 0.15) is 11.7 Å². The molecule has 1 heterocycles. The molecule has 0 radical (unpaired) electrons. The molecule has 132 valence electrons. The van der Waals surface area contributed by atoms with Gasteiger partial charge in [0.25, 0.3) is 11.6 Å². The van der Waals surface area contributed by atoms with Crippen molar-refractivity contribution >= 4 is 28.6 Å². The van der Waals surface area contributed by atoms with Crippen molar-refractivity contribution in [3.05, 3.63) is 92.7 Å². The van der Waals surface area contributed by atoms with Gasteiger partial charge in [0.15, 0.2) is 6.54 Å². The second-order valence-electron chi connectivity index (χ2n) is 5.67. The van der Waals surface area contributed by atoms with E-state index < -0.39 is 4.92 Å². The van der Waals surface area contributed by atoms with Crippen LogP contribution < -0.4 is 10.6 Å². The van der Waals surface area contributed by atoms with Crippen LogP contribution in [0.5, 0.6) is 0 Å². The summed E-state index contributed by atoms with van der Waals surface area (Å²) in [5.41, 5.74) is 1.20. The molecule has 3 rings (SSSR count). The highest BCUT2D eigenvalue weighted by Gasteiger charge is 2.21. The van der Waals surface area contributed by atoms with E-state index in [2.05, 4.69) is 5.32 Å².